The molecule has 1 aliphatic rings. The maximum atomic E-state index is 13.3. The first-order valence-electron chi connectivity index (χ1n) is 6.85. The summed E-state index contributed by atoms with van der Waals surface area (Å²) in [6.45, 7) is 0.892. The molecule has 0 atom stereocenters. The molecular formula is C14H17F4N3OS. The first-order valence-corrected chi connectivity index (χ1v) is 9.31. The van der Waals surface area contributed by atoms with Crippen LogP contribution in [-0.4, -0.2) is 35.0 Å². The Kier molecular flexibility index (Phi) is 3.03. The van der Waals surface area contributed by atoms with Gasteiger partial charge in [-0.1, -0.05) is 12.1 Å². The lowest BCUT2D eigenvalue weighted by molar-refractivity contribution is -0.0537. The van der Waals surface area contributed by atoms with E-state index in [1.807, 2.05) is 0 Å². The van der Waals surface area contributed by atoms with Gasteiger partial charge in [0.15, 0.2) is 9.84 Å². The average Bonchev–Trinajstić information content (AvgIpc) is 2.83. The van der Waals surface area contributed by atoms with Crippen LogP contribution in [0.4, 0.5) is 15.5 Å². The molecule has 3 N–H and O–H groups in total. The number of ether oxygens (including phenoxy) is 1. The summed E-state index contributed by atoms with van der Waals surface area (Å²) in [6.07, 6.45) is 1.72. The molecule has 0 bridgehead atoms. The van der Waals surface area contributed by atoms with Gasteiger partial charge in [-0.15, -0.1) is 15.5 Å². The van der Waals surface area contributed by atoms with Crippen LogP contribution in [0.5, 0.6) is 0 Å². The number of imidazole rings is 1. The smallest absolute Gasteiger partial charge is 0.184 e. The van der Waals surface area contributed by atoms with E-state index in [9.17, 15) is 15.5 Å². The van der Waals surface area contributed by atoms with Crippen LogP contribution >= 0.6 is 9.84 Å². The number of nitrogens with zero attached hydrogens (tertiary/aromatic N) is 1. The third kappa shape index (κ3) is 3.51. The molecule has 0 amide bonds. The highest BCUT2D eigenvalue weighted by Gasteiger charge is 2.59. The minimum Gasteiger partial charge on any atom is -0.377 e. The Morgan fingerprint density at radius 1 is 1.22 bits per heavy atom. The molecule has 0 spiro atoms. The van der Waals surface area contributed by atoms with Gasteiger partial charge in [-0.3, -0.25) is 0 Å². The number of hydrogen-bond acceptors (Lipinski definition) is 3. The predicted molar refractivity (Wildman–Crippen MR) is 81.7 cm³/mol. The Morgan fingerprint density at radius 3 is 2.30 bits per heavy atom. The molecule has 1 aliphatic heterocycles. The van der Waals surface area contributed by atoms with Crippen LogP contribution in [0.25, 0.3) is 11.3 Å². The van der Waals surface area contributed by atoms with E-state index in [-0.39, 0.29) is 6.26 Å². The van der Waals surface area contributed by atoms with Crippen molar-refractivity contribution in [3.8, 4) is 11.3 Å². The SMILES string of the molecule is CS(F)(F)(F)(F)c1ccc(-c2cnc(CC3(N)COC3)[nH]2)cc1. The van der Waals surface area contributed by atoms with Crippen molar-refractivity contribution < 1.29 is 20.3 Å². The van der Waals surface area contributed by atoms with Gasteiger partial charge in [-0.05, 0) is 17.7 Å². The van der Waals surface area contributed by atoms with Gasteiger partial charge in [0.1, 0.15) is 5.82 Å². The predicted octanol–water partition coefficient (Wildman–Crippen LogP) is 3.75. The largest absolute Gasteiger partial charge is 0.377 e. The Balaban J connectivity index is 1.82. The lowest BCUT2D eigenvalue weighted by Crippen LogP contribution is -2.59. The highest BCUT2D eigenvalue weighted by Crippen LogP contribution is 2.98. The summed E-state index contributed by atoms with van der Waals surface area (Å²) < 4.78 is 58.4. The lowest BCUT2D eigenvalue weighted by atomic mass is 9.94. The number of aromatic nitrogens is 2. The van der Waals surface area contributed by atoms with Gasteiger partial charge in [0.05, 0.1) is 41.8 Å². The van der Waals surface area contributed by atoms with E-state index in [0.717, 1.165) is 12.1 Å². The number of nitrogens with two attached hydrogens (primary N) is 1. The van der Waals surface area contributed by atoms with E-state index in [0.29, 0.717) is 36.7 Å². The summed E-state index contributed by atoms with van der Waals surface area (Å²) >= 11 is 0. The minimum absolute atomic E-state index is 0.287. The number of hydrogen-bond donors (Lipinski definition) is 2. The molecule has 0 saturated carbocycles. The second-order valence-corrected chi connectivity index (χ2v) is 9.71. The molecule has 128 valence electrons. The van der Waals surface area contributed by atoms with Gasteiger partial charge in [-0.2, -0.15) is 0 Å². The zero-order valence-electron chi connectivity index (χ0n) is 12.4. The first-order chi connectivity index (χ1) is 10.3. The first kappa shape index (κ1) is 16.3. The normalized spacial score (nSPS) is 20.4. The van der Waals surface area contributed by atoms with E-state index in [1.54, 1.807) is 0 Å². The van der Waals surface area contributed by atoms with Crippen molar-refractivity contribution in [3.05, 3.63) is 36.3 Å². The molecule has 3 rings (SSSR count). The molecule has 1 aromatic heterocycles. The molecule has 0 radical (unpaired) electrons. The van der Waals surface area contributed by atoms with Gasteiger partial charge < -0.3 is 15.5 Å². The van der Waals surface area contributed by atoms with Crippen molar-refractivity contribution in [1.29, 1.82) is 0 Å². The Bertz CT molecular complexity index is 736. The van der Waals surface area contributed by atoms with Gasteiger partial charge >= 0.3 is 0 Å². The molecule has 1 saturated heterocycles. The number of rotatable bonds is 4. The maximum Gasteiger partial charge on any atom is 0.184 e. The Morgan fingerprint density at radius 2 is 1.83 bits per heavy atom. The highest BCUT2D eigenvalue weighted by atomic mass is 32.5. The van der Waals surface area contributed by atoms with Crippen LogP contribution in [0.3, 0.4) is 0 Å². The van der Waals surface area contributed by atoms with Crippen molar-refractivity contribution >= 4 is 9.84 Å². The second kappa shape index (κ2) is 4.28. The molecule has 9 heteroatoms. The minimum atomic E-state index is -8.14. The molecule has 0 unspecified atom stereocenters. The van der Waals surface area contributed by atoms with Crippen molar-refractivity contribution in [2.75, 3.05) is 19.5 Å². The van der Waals surface area contributed by atoms with Crippen LogP contribution in [0.15, 0.2) is 35.4 Å². The van der Waals surface area contributed by atoms with E-state index in [4.69, 9.17) is 10.5 Å². The van der Waals surface area contributed by atoms with Gasteiger partial charge in [0, 0.05) is 6.42 Å². The Hall–Kier alpha value is -1.58. The van der Waals surface area contributed by atoms with Crippen LogP contribution in [0, 0.1) is 0 Å². The van der Waals surface area contributed by atoms with Crippen LogP contribution < -0.4 is 5.73 Å². The van der Waals surface area contributed by atoms with E-state index in [1.165, 1.54) is 18.3 Å². The van der Waals surface area contributed by atoms with Crippen LogP contribution in [-0.2, 0) is 11.2 Å². The molecule has 1 fully saturated rings. The molecule has 23 heavy (non-hydrogen) atoms. The molecule has 2 aromatic rings. The van der Waals surface area contributed by atoms with Gasteiger partial charge in [0.2, 0.25) is 0 Å². The maximum absolute atomic E-state index is 13.3. The van der Waals surface area contributed by atoms with Crippen LogP contribution in [0.1, 0.15) is 5.82 Å². The van der Waals surface area contributed by atoms with E-state index >= 15 is 0 Å². The fraction of sp³-hybridized carbons (Fsp3) is 0.357. The molecule has 2 heterocycles. The zero-order valence-corrected chi connectivity index (χ0v) is 13.2. The molecule has 4 nitrogen and oxygen atoms in total. The third-order valence-electron chi connectivity index (χ3n) is 3.68. The topological polar surface area (TPSA) is 63.9 Å². The van der Waals surface area contributed by atoms with Gasteiger partial charge in [-0.25, -0.2) is 4.98 Å². The summed E-state index contributed by atoms with van der Waals surface area (Å²) in [5.41, 5.74) is 6.62. The average molecular weight is 351 g/mol. The Labute approximate surface area is 130 Å². The van der Waals surface area contributed by atoms with E-state index in [2.05, 4.69) is 9.97 Å². The summed E-state index contributed by atoms with van der Waals surface area (Å²) in [4.78, 5) is 5.95. The third-order valence-corrected chi connectivity index (χ3v) is 5.14. The van der Waals surface area contributed by atoms with Gasteiger partial charge in [0.25, 0.3) is 0 Å². The number of nitrogens with one attached hydrogen (secondary N) is 1. The number of H-pyrrole nitrogens is 1. The van der Waals surface area contributed by atoms with Crippen molar-refractivity contribution in [2.24, 2.45) is 5.73 Å². The summed E-state index contributed by atoms with van der Waals surface area (Å²) in [5, 5.41) is 0. The number of halogens is 4. The van der Waals surface area contributed by atoms with Crippen molar-refractivity contribution in [3.63, 3.8) is 0 Å². The lowest BCUT2D eigenvalue weighted by Gasteiger charge is -2.46. The van der Waals surface area contributed by atoms with Crippen molar-refractivity contribution in [1.82, 2.24) is 9.97 Å². The monoisotopic (exact) mass is 351 g/mol. The fourth-order valence-corrected chi connectivity index (χ4v) is 3.19. The highest BCUT2D eigenvalue weighted by molar-refractivity contribution is 8.49. The second-order valence-electron chi connectivity index (χ2n) is 6.28. The quantitative estimate of drug-likeness (QED) is 0.825. The standard InChI is InChI=1S/C14H17F4N3OS/c1-23(15,16,17,18)11-4-2-10(3-5-11)12-7-20-13(21-12)6-14(19)8-22-9-14/h2-5,7H,6,8-9,19H2,1H3,(H,20,21). The molecular weight excluding hydrogens is 334 g/mol. The summed E-state index contributed by atoms with van der Waals surface area (Å²) in [7, 11) is -8.14. The number of aromatic amines is 1. The zero-order chi connectivity index (χ0) is 17.0. The van der Waals surface area contributed by atoms with E-state index < -0.39 is 20.3 Å². The summed E-state index contributed by atoms with van der Waals surface area (Å²) in [6, 6.07) is 3.95. The molecule has 0 aliphatic carbocycles. The fourth-order valence-electron chi connectivity index (χ4n) is 2.38. The van der Waals surface area contributed by atoms with Crippen LogP contribution in [0.2, 0.25) is 0 Å². The molecule has 1 aromatic carbocycles. The summed E-state index contributed by atoms with van der Waals surface area (Å²) in [5.74, 6) is 0.632. The van der Waals surface area contributed by atoms with Crippen molar-refractivity contribution in [2.45, 2.75) is 16.9 Å². The number of benzene rings is 1.